The fourth-order valence-electron chi connectivity index (χ4n) is 3.83. The molecule has 1 aliphatic carbocycles. The molecule has 0 spiro atoms. The van der Waals surface area contributed by atoms with Crippen molar-refractivity contribution < 1.29 is 28.8 Å². The van der Waals surface area contributed by atoms with Gasteiger partial charge in [0, 0.05) is 12.6 Å². The molecular formula is C22H27NO6. The average molecular weight is 401 g/mol. The van der Waals surface area contributed by atoms with Crippen molar-refractivity contribution in [3.05, 3.63) is 42.5 Å². The van der Waals surface area contributed by atoms with Crippen molar-refractivity contribution >= 4 is 0 Å². The van der Waals surface area contributed by atoms with Crippen molar-refractivity contribution in [1.82, 2.24) is 5.32 Å². The normalized spacial score (nSPS) is 25.5. The van der Waals surface area contributed by atoms with E-state index in [9.17, 15) is 5.11 Å². The minimum Gasteiger partial charge on any atom is -0.493 e. The van der Waals surface area contributed by atoms with E-state index in [0.717, 1.165) is 24.3 Å². The van der Waals surface area contributed by atoms with Crippen molar-refractivity contribution in [3.8, 4) is 28.7 Å². The zero-order valence-corrected chi connectivity index (χ0v) is 16.7. The maximum absolute atomic E-state index is 10.8. The summed E-state index contributed by atoms with van der Waals surface area (Å²) in [5.41, 5.74) is 0. The number of nitrogens with one attached hydrogen (secondary N) is 1. The summed E-state index contributed by atoms with van der Waals surface area (Å²) < 4.78 is 28.6. The Morgan fingerprint density at radius 1 is 1.00 bits per heavy atom. The smallest absolute Gasteiger partial charge is 0.203 e. The van der Waals surface area contributed by atoms with Crippen LogP contribution < -0.4 is 29.0 Å². The lowest BCUT2D eigenvalue weighted by atomic mass is 10.2. The Morgan fingerprint density at radius 3 is 2.45 bits per heavy atom. The second-order valence-electron chi connectivity index (χ2n) is 7.23. The SMILES string of the molecule is COc1cccc(OC)c1OC1CCC(NCC2COc3ccccc3O2)C1O. The Kier molecular flexibility index (Phi) is 5.97. The quantitative estimate of drug-likeness (QED) is 0.738. The Hall–Kier alpha value is -2.64. The van der Waals surface area contributed by atoms with Crippen LogP contribution in [-0.2, 0) is 0 Å². The summed E-state index contributed by atoms with van der Waals surface area (Å²) in [6.45, 7) is 1.06. The van der Waals surface area contributed by atoms with E-state index < -0.39 is 6.10 Å². The van der Waals surface area contributed by atoms with Crippen LogP contribution in [0.25, 0.3) is 0 Å². The number of hydrogen-bond donors (Lipinski definition) is 2. The topological polar surface area (TPSA) is 78.4 Å². The highest BCUT2D eigenvalue weighted by atomic mass is 16.6. The molecule has 2 aromatic rings. The van der Waals surface area contributed by atoms with Crippen molar-refractivity contribution in [2.24, 2.45) is 0 Å². The van der Waals surface area contributed by atoms with E-state index in [1.165, 1.54) is 0 Å². The fourth-order valence-corrected chi connectivity index (χ4v) is 3.83. The van der Waals surface area contributed by atoms with Gasteiger partial charge < -0.3 is 34.1 Å². The van der Waals surface area contributed by atoms with Gasteiger partial charge in [0.25, 0.3) is 0 Å². The first kappa shape index (κ1) is 19.7. The van der Waals surface area contributed by atoms with E-state index in [2.05, 4.69) is 5.32 Å². The van der Waals surface area contributed by atoms with Gasteiger partial charge in [0.15, 0.2) is 23.0 Å². The van der Waals surface area contributed by atoms with E-state index in [0.29, 0.717) is 30.4 Å². The van der Waals surface area contributed by atoms with Crippen molar-refractivity contribution in [2.75, 3.05) is 27.4 Å². The molecule has 1 fully saturated rings. The van der Waals surface area contributed by atoms with E-state index in [1.807, 2.05) is 42.5 Å². The number of aliphatic hydroxyl groups excluding tert-OH is 1. The van der Waals surface area contributed by atoms with Crippen molar-refractivity contribution in [3.63, 3.8) is 0 Å². The lowest BCUT2D eigenvalue weighted by Crippen LogP contribution is -2.47. The molecule has 1 aliphatic heterocycles. The van der Waals surface area contributed by atoms with Crippen LogP contribution in [0.3, 0.4) is 0 Å². The van der Waals surface area contributed by atoms with Gasteiger partial charge in [-0.05, 0) is 37.1 Å². The number of aliphatic hydroxyl groups is 1. The zero-order chi connectivity index (χ0) is 20.2. The number of benzene rings is 2. The number of fused-ring (bicyclic) bond motifs is 1. The molecule has 0 saturated heterocycles. The average Bonchev–Trinajstić information content (AvgIpc) is 3.11. The van der Waals surface area contributed by atoms with Crippen LogP contribution in [0.5, 0.6) is 28.7 Å². The Morgan fingerprint density at radius 2 is 1.72 bits per heavy atom. The van der Waals surface area contributed by atoms with Crippen LogP contribution in [0.2, 0.25) is 0 Å². The Bertz CT molecular complexity index is 806. The van der Waals surface area contributed by atoms with Gasteiger partial charge in [-0.3, -0.25) is 0 Å². The second kappa shape index (κ2) is 8.80. The van der Waals surface area contributed by atoms with Gasteiger partial charge in [0.1, 0.15) is 24.9 Å². The second-order valence-corrected chi connectivity index (χ2v) is 7.23. The first-order chi connectivity index (χ1) is 14.2. The van der Waals surface area contributed by atoms with Gasteiger partial charge in [-0.15, -0.1) is 0 Å². The molecule has 29 heavy (non-hydrogen) atoms. The standard InChI is InChI=1S/C22H27NO6/c1-25-19-8-5-9-20(26-2)22(19)29-18-11-10-15(21(18)24)23-12-14-13-27-16-6-3-4-7-17(16)28-14/h3-9,14-15,18,21,23-24H,10-13H2,1-2H3. The molecule has 1 heterocycles. The highest BCUT2D eigenvalue weighted by Crippen LogP contribution is 2.39. The minimum atomic E-state index is -0.651. The first-order valence-corrected chi connectivity index (χ1v) is 9.87. The van der Waals surface area contributed by atoms with Crippen LogP contribution in [0.1, 0.15) is 12.8 Å². The highest BCUT2D eigenvalue weighted by Gasteiger charge is 2.37. The van der Waals surface area contributed by atoms with E-state index in [-0.39, 0.29) is 18.2 Å². The molecule has 4 rings (SSSR count). The van der Waals surface area contributed by atoms with E-state index in [4.69, 9.17) is 23.7 Å². The molecule has 4 unspecified atom stereocenters. The molecule has 0 amide bonds. The summed E-state index contributed by atoms with van der Waals surface area (Å²) in [5.74, 6) is 3.20. The number of hydrogen-bond acceptors (Lipinski definition) is 7. The fraction of sp³-hybridized carbons (Fsp3) is 0.455. The number of para-hydroxylation sites is 3. The number of rotatable bonds is 7. The predicted octanol–water partition coefficient (Wildman–Crippen LogP) is 2.40. The maximum Gasteiger partial charge on any atom is 0.203 e. The van der Waals surface area contributed by atoms with Gasteiger partial charge in [-0.25, -0.2) is 0 Å². The van der Waals surface area contributed by atoms with Gasteiger partial charge in [0.05, 0.1) is 14.2 Å². The molecule has 2 N–H and O–H groups in total. The summed E-state index contributed by atoms with van der Waals surface area (Å²) >= 11 is 0. The number of methoxy groups -OCH3 is 2. The van der Waals surface area contributed by atoms with Crippen LogP contribution in [0.15, 0.2) is 42.5 Å². The molecule has 4 atom stereocenters. The minimum absolute atomic E-state index is 0.0820. The predicted molar refractivity (Wildman–Crippen MR) is 107 cm³/mol. The highest BCUT2D eigenvalue weighted by molar-refractivity contribution is 5.51. The first-order valence-electron chi connectivity index (χ1n) is 9.87. The Balaban J connectivity index is 1.34. The van der Waals surface area contributed by atoms with Crippen LogP contribution in [-0.4, -0.2) is 56.8 Å². The van der Waals surface area contributed by atoms with Crippen molar-refractivity contribution in [1.29, 1.82) is 0 Å². The largest absolute Gasteiger partial charge is 0.493 e. The van der Waals surface area contributed by atoms with Gasteiger partial charge in [-0.2, -0.15) is 0 Å². The third-order valence-corrected chi connectivity index (χ3v) is 5.38. The summed E-state index contributed by atoms with van der Waals surface area (Å²) in [4.78, 5) is 0. The summed E-state index contributed by atoms with van der Waals surface area (Å²) in [5, 5.41) is 14.2. The monoisotopic (exact) mass is 401 g/mol. The molecule has 0 aromatic heterocycles. The van der Waals surface area contributed by atoms with E-state index in [1.54, 1.807) is 14.2 Å². The molecule has 2 aromatic carbocycles. The van der Waals surface area contributed by atoms with Crippen LogP contribution in [0.4, 0.5) is 0 Å². The summed E-state index contributed by atoms with van der Waals surface area (Å²) in [6.07, 6.45) is 0.424. The van der Waals surface area contributed by atoms with Gasteiger partial charge >= 0.3 is 0 Å². The van der Waals surface area contributed by atoms with E-state index >= 15 is 0 Å². The van der Waals surface area contributed by atoms with Gasteiger partial charge in [-0.1, -0.05) is 18.2 Å². The number of ether oxygens (including phenoxy) is 5. The Labute approximate surface area is 170 Å². The molecule has 156 valence electrons. The lowest BCUT2D eigenvalue weighted by Gasteiger charge is -2.28. The third-order valence-electron chi connectivity index (χ3n) is 5.38. The summed E-state index contributed by atoms with van der Waals surface area (Å²) in [6, 6.07) is 13.0. The maximum atomic E-state index is 10.8. The molecule has 2 aliphatic rings. The molecular weight excluding hydrogens is 374 g/mol. The molecule has 0 radical (unpaired) electrons. The lowest BCUT2D eigenvalue weighted by molar-refractivity contribution is 0.0361. The molecule has 7 heteroatoms. The van der Waals surface area contributed by atoms with Crippen molar-refractivity contribution in [2.45, 2.75) is 37.2 Å². The zero-order valence-electron chi connectivity index (χ0n) is 16.7. The van der Waals surface area contributed by atoms with Crippen LogP contribution >= 0.6 is 0 Å². The molecule has 0 bridgehead atoms. The molecule has 7 nitrogen and oxygen atoms in total. The van der Waals surface area contributed by atoms with Gasteiger partial charge in [0.2, 0.25) is 5.75 Å². The molecule has 1 saturated carbocycles. The van der Waals surface area contributed by atoms with Crippen LogP contribution in [0, 0.1) is 0 Å². The third kappa shape index (κ3) is 4.21. The summed E-state index contributed by atoms with van der Waals surface area (Å²) in [7, 11) is 3.17.